The van der Waals surface area contributed by atoms with E-state index in [0.29, 0.717) is 22.9 Å². The number of hydrogen-bond donors (Lipinski definition) is 1. The standard InChI is InChI=1S/C25H19F5N8/c1-36-22(6-7-32-36)33-21-9-16(19(28)11-31-21)14-8-20-23-34-35-24(38(23)15(10-26)13-37(20)12-14)25(29,30)17-4-2-3-5-18(17)27/h2-9,11-12,15H,10,13H2,1H3,(H,31,33)/t15-/m0/s1. The fraction of sp³-hybridized carbons (Fsp3) is 0.200. The molecule has 1 aromatic carbocycles. The monoisotopic (exact) mass is 526 g/mol. The van der Waals surface area contributed by atoms with E-state index in [9.17, 15) is 13.2 Å². The fourth-order valence-electron chi connectivity index (χ4n) is 4.64. The van der Waals surface area contributed by atoms with Crippen molar-refractivity contribution in [3.05, 3.63) is 84.1 Å². The van der Waals surface area contributed by atoms with Gasteiger partial charge in [-0.05, 0) is 24.3 Å². The van der Waals surface area contributed by atoms with Crippen LogP contribution in [0.15, 0.2) is 61.1 Å². The van der Waals surface area contributed by atoms with Crippen LogP contribution in [0.4, 0.5) is 33.6 Å². The van der Waals surface area contributed by atoms with Crippen LogP contribution in [0.3, 0.4) is 0 Å². The van der Waals surface area contributed by atoms with Crippen LogP contribution in [0.25, 0.3) is 22.6 Å². The highest BCUT2D eigenvalue weighted by Crippen LogP contribution is 2.42. The van der Waals surface area contributed by atoms with Gasteiger partial charge in [-0.2, -0.15) is 13.9 Å². The largest absolute Gasteiger partial charge is 0.342 e. The van der Waals surface area contributed by atoms with Gasteiger partial charge in [-0.25, -0.2) is 18.2 Å². The molecule has 4 aromatic heterocycles. The van der Waals surface area contributed by atoms with Gasteiger partial charge in [0.2, 0.25) is 5.82 Å². The van der Waals surface area contributed by atoms with Gasteiger partial charge in [-0.3, -0.25) is 9.25 Å². The second-order valence-electron chi connectivity index (χ2n) is 8.86. The highest BCUT2D eigenvalue weighted by atomic mass is 19.3. The van der Waals surface area contributed by atoms with Crippen molar-refractivity contribution < 1.29 is 22.0 Å². The molecule has 38 heavy (non-hydrogen) atoms. The number of aryl methyl sites for hydroxylation is 1. The number of rotatable bonds is 6. The van der Waals surface area contributed by atoms with Crippen LogP contribution >= 0.6 is 0 Å². The molecule has 5 heterocycles. The van der Waals surface area contributed by atoms with Crippen LogP contribution in [-0.2, 0) is 19.5 Å². The quantitative estimate of drug-likeness (QED) is 0.307. The lowest BCUT2D eigenvalue weighted by Crippen LogP contribution is -2.30. The molecule has 0 amide bonds. The zero-order chi connectivity index (χ0) is 26.6. The Labute approximate surface area is 212 Å². The molecule has 1 aliphatic heterocycles. The number of benzene rings is 1. The van der Waals surface area contributed by atoms with Crippen LogP contribution in [0.1, 0.15) is 17.4 Å². The highest BCUT2D eigenvalue weighted by Gasteiger charge is 2.45. The van der Waals surface area contributed by atoms with Gasteiger partial charge in [0.25, 0.3) is 0 Å². The van der Waals surface area contributed by atoms with Gasteiger partial charge < -0.3 is 9.88 Å². The third-order valence-electron chi connectivity index (χ3n) is 6.51. The lowest BCUT2D eigenvalue weighted by Gasteiger charge is -2.28. The Morgan fingerprint density at radius 2 is 1.89 bits per heavy atom. The van der Waals surface area contributed by atoms with Gasteiger partial charge in [0.05, 0.1) is 29.7 Å². The van der Waals surface area contributed by atoms with Crippen molar-refractivity contribution in [2.75, 3.05) is 12.0 Å². The number of aromatic nitrogens is 7. The summed E-state index contributed by atoms with van der Waals surface area (Å²) in [6.07, 6.45) is 4.25. The number of anilines is 2. The van der Waals surface area contributed by atoms with E-state index in [1.165, 1.54) is 18.2 Å². The summed E-state index contributed by atoms with van der Waals surface area (Å²) in [5.74, 6) is -5.51. The Balaban J connectivity index is 1.42. The molecule has 1 aliphatic rings. The first-order valence-corrected chi connectivity index (χ1v) is 11.5. The zero-order valence-corrected chi connectivity index (χ0v) is 19.8. The summed E-state index contributed by atoms with van der Waals surface area (Å²) in [6.45, 7) is -1.04. The summed E-state index contributed by atoms with van der Waals surface area (Å²) in [5.41, 5.74) is 0.0441. The Hall–Kier alpha value is -4.55. The van der Waals surface area contributed by atoms with Crippen molar-refractivity contribution >= 4 is 11.6 Å². The number of nitrogens with zero attached hydrogens (tertiary/aromatic N) is 7. The fourth-order valence-corrected chi connectivity index (χ4v) is 4.64. The van der Waals surface area contributed by atoms with Gasteiger partial charge in [-0.1, -0.05) is 12.1 Å². The van der Waals surface area contributed by atoms with Crippen molar-refractivity contribution in [2.45, 2.75) is 18.5 Å². The van der Waals surface area contributed by atoms with Gasteiger partial charge >= 0.3 is 5.92 Å². The van der Waals surface area contributed by atoms with Crippen molar-refractivity contribution in [1.29, 1.82) is 0 Å². The van der Waals surface area contributed by atoms with Crippen LogP contribution in [0.2, 0.25) is 0 Å². The third kappa shape index (κ3) is 3.73. The normalized spacial score (nSPS) is 14.8. The SMILES string of the molecule is Cn1nccc1Nc1cc(-c2cc3n(c2)C[C@H](CF)n2c-3nnc2C(F)(F)c2ccccc2F)c(F)cn1. The molecule has 1 N–H and O–H groups in total. The van der Waals surface area contributed by atoms with Crippen molar-refractivity contribution in [2.24, 2.45) is 7.05 Å². The zero-order valence-electron chi connectivity index (χ0n) is 19.8. The number of alkyl halides is 3. The van der Waals surface area contributed by atoms with Gasteiger partial charge in [0.1, 0.15) is 29.9 Å². The number of fused-ring (bicyclic) bond motifs is 3. The Morgan fingerprint density at radius 1 is 1.08 bits per heavy atom. The molecule has 13 heteroatoms. The molecule has 8 nitrogen and oxygen atoms in total. The lowest BCUT2D eigenvalue weighted by molar-refractivity contribution is 0.0221. The summed E-state index contributed by atoms with van der Waals surface area (Å²) in [4.78, 5) is 4.07. The maximum atomic E-state index is 15.4. The van der Waals surface area contributed by atoms with E-state index in [4.69, 9.17) is 0 Å². The molecule has 0 spiro atoms. The van der Waals surface area contributed by atoms with E-state index in [2.05, 4.69) is 25.6 Å². The van der Waals surface area contributed by atoms with Crippen LogP contribution < -0.4 is 5.32 Å². The summed E-state index contributed by atoms with van der Waals surface area (Å²) < 4.78 is 78.4. The minimum absolute atomic E-state index is 0.0288. The van der Waals surface area contributed by atoms with Crippen molar-refractivity contribution in [3.8, 4) is 22.6 Å². The first-order chi connectivity index (χ1) is 18.3. The smallest absolute Gasteiger partial charge is 0.334 e. The number of hydrogen-bond acceptors (Lipinski definition) is 5. The predicted molar refractivity (Wildman–Crippen MR) is 128 cm³/mol. The van der Waals surface area contributed by atoms with Gasteiger partial charge in [0.15, 0.2) is 5.82 Å². The topological polar surface area (TPSA) is 78.4 Å². The van der Waals surface area contributed by atoms with Crippen molar-refractivity contribution in [1.82, 2.24) is 34.1 Å². The molecule has 1 atom stereocenters. The van der Waals surface area contributed by atoms with Gasteiger partial charge in [-0.15, -0.1) is 10.2 Å². The predicted octanol–water partition coefficient (Wildman–Crippen LogP) is 5.23. The van der Waals surface area contributed by atoms with E-state index in [0.717, 1.165) is 22.9 Å². The maximum Gasteiger partial charge on any atom is 0.334 e. The summed E-state index contributed by atoms with van der Waals surface area (Å²) >= 11 is 0. The first-order valence-electron chi connectivity index (χ1n) is 11.5. The minimum atomic E-state index is -3.87. The Morgan fingerprint density at radius 3 is 2.63 bits per heavy atom. The second-order valence-corrected chi connectivity index (χ2v) is 8.86. The van der Waals surface area contributed by atoms with E-state index in [1.54, 1.807) is 40.8 Å². The average molecular weight is 526 g/mol. The third-order valence-corrected chi connectivity index (χ3v) is 6.51. The maximum absolute atomic E-state index is 15.4. The van der Waals surface area contributed by atoms with E-state index < -0.39 is 41.7 Å². The molecular weight excluding hydrogens is 507 g/mol. The minimum Gasteiger partial charge on any atom is -0.342 e. The Bertz CT molecular complexity index is 1650. The average Bonchev–Trinajstić information content (AvgIpc) is 3.63. The number of nitrogens with one attached hydrogen (secondary N) is 1. The van der Waals surface area contributed by atoms with Crippen LogP contribution in [-0.4, -0.2) is 40.8 Å². The summed E-state index contributed by atoms with van der Waals surface area (Å²) in [6, 6.07) is 8.15. The molecule has 0 radical (unpaired) electrons. The van der Waals surface area contributed by atoms with Crippen LogP contribution in [0, 0.1) is 11.6 Å². The van der Waals surface area contributed by atoms with E-state index >= 15 is 8.78 Å². The highest BCUT2D eigenvalue weighted by molar-refractivity contribution is 5.73. The Kier molecular flexibility index (Phi) is 5.51. The van der Waals surface area contributed by atoms with Crippen molar-refractivity contribution in [3.63, 3.8) is 0 Å². The molecular formula is C25H19F5N8. The van der Waals surface area contributed by atoms with Gasteiger partial charge in [0, 0.05) is 37.0 Å². The number of pyridine rings is 1. The molecule has 0 saturated heterocycles. The molecule has 0 aliphatic carbocycles. The second kappa shape index (κ2) is 8.78. The molecule has 0 fully saturated rings. The molecule has 0 saturated carbocycles. The number of halogens is 5. The first kappa shape index (κ1) is 23.8. The van der Waals surface area contributed by atoms with E-state index in [1.807, 2.05) is 0 Å². The summed E-state index contributed by atoms with van der Waals surface area (Å²) in [5, 5.41) is 14.7. The molecule has 6 rings (SSSR count). The lowest BCUT2D eigenvalue weighted by atomic mass is 10.1. The molecule has 0 unspecified atom stereocenters. The molecule has 0 bridgehead atoms. The molecule has 194 valence electrons. The van der Waals surface area contributed by atoms with Crippen LogP contribution in [0.5, 0.6) is 0 Å². The summed E-state index contributed by atoms with van der Waals surface area (Å²) in [7, 11) is 1.73. The van der Waals surface area contributed by atoms with E-state index in [-0.39, 0.29) is 17.9 Å². The molecule has 5 aromatic rings.